The molecule has 0 heterocycles. The zero-order valence-corrected chi connectivity index (χ0v) is 8.26. The first-order valence-electron chi connectivity index (χ1n) is 3.86. The lowest BCUT2D eigenvalue weighted by Crippen LogP contribution is -2.36. The van der Waals surface area contributed by atoms with Gasteiger partial charge in [0, 0.05) is 0 Å². The number of isocyanates is 1. The van der Waals surface area contributed by atoms with Crippen LogP contribution in [0.1, 0.15) is 34.6 Å². The van der Waals surface area contributed by atoms with Crippen molar-refractivity contribution in [2.45, 2.75) is 34.6 Å². The molecule has 0 aliphatic carbocycles. The van der Waals surface area contributed by atoms with Crippen molar-refractivity contribution in [1.82, 2.24) is 0 Å². The maximum absolute atomic E-state index is 11.3. The molecule has 0 rings (SSSR count). The second-order valence-electron chi connectivity index (χ2n) is 4.38. The molecule has 3 heteroatoms. The largest absolute Gasteiger partial charge is 0.271 e. The predicted octanol–water partition coefficient (Wildman–Crippen LogP) is 1.92. The van der Waals surface area contributed by atoms with Crippen LogP contribution in [-0.4, -0.2) is 12.0 Å². The summed E-state index contributed by atoms with van der Waals surface area (Å²) in [5, 5.41) is 0. The van der Waals surface area contributed by atoms with E-state index >= 15 is 0 Å². The van der Waals surface area contributed by atoms with Crippen molar-refractivity contribution in [3.05, 3.63) is 0 Å². The molecule has 3 nitrogen and oxygen atoms in total. The van der Waals surface area contributed by atoms with Crippen LogP contribution in [0.3, 0.4) is 0 Å². The number of carbonyl (C=O) groups is 1. The third-order valence-electron chi connectivity index (χ3n) is 2.56. The lowest BCUT2D eigenvalue weighted by atomic mass is 9.69. The lowest BCUT2D eigenvalue weighted by Gasteiger charge is -2.34. The molecule has 0 fully saturated rings. The number of aliphatic imine (C=N–C) groups is 1. The van der Waals surface area contributed by atoms with Crippen molar-refractivity contribution < 1.29 is 9.59 Å². The molecule has 0 radical (unpaired) electrons. The third kappa shape index (κ3) is 2.02. The molecule has 0 aromatic rings. The number of amides is 1. The molecule has 0 aliphatic rings. The van der Waals surface area contributed by atoms with Crippen molar-refractivity contribution in [3.63, 3.8) is 0 Å². The van der Waals surface area contributed by atoms with E-state index in [0.717, 1.165) is 0 Å². The molecule has 0 bridgehead atoms. The first-order chi connectivity index (χ1) is 5.23. The van der Waals surface area contributed by atoms with E-state index in [0.29, 0.717) is 0 Å². The monoisotopic (exact) mass is 169 g/mol. The second kappa shape index (κ2) is 3.20. The van der Waals surface area contributed by atoms with Crippen LogP contribution in [0.2, 0.25) is 0 Å². The van der Waals surface area contributed by atoms with Crippen LogP contribution in [-0.2, 0) is 9.59 Å². The summed E-state index contributed by atoms with van der Waals surface area (Å²) in [5.74, 6) is -0.412. The molecule has 0 N–H and O–H groups in total. The van der Waals surface area contributed by atoms with Crippen LogP contribution >= 0.6 is 0 Å². The summed E-state index contributed by atoms with van der Waals surface area (Å²) in [6.45, 7) is 9.36. The summed E-state index contributed by atoms with van der Waals surface area (Å²) in [5.41, 5.74) is -0.825. The highest BCUT2D eigenvalue weighted by molar-refractivity contribution is 5.87. The van der Waals surface area contributed by atoms with Gasteiger partial charge in [-0.05, 0) is 5.41 Å². The summed E-state index contributed by atoms with van der Waals surface area (Å²) in [7, 11) is 0. The molecule has 0 atom stereocenters. The van der Waals surface area contributed by atoms with Crippen molar-refractivity contribution in [2.75, 3.05) is 0 Å². The van der Waals surface area contributed by atoms with Crippen molar-refractivity contribution in [2.24, 2.45) is 15.8 Å². The number of rotatable bonds is 1. The van der Waals surface area contributed by atoms with E-state index in [2.05, 4.69) is 4.99 Å². The third-order valence-corrected chi connectivity index (χ3v) is 2.56. The van der Waals surface area contributed by atoms with Crippen LogP contribution in [0.25, 0.3) is 0 Å². The first-order valence-corrected chi connectivity index (χ1v) is 3.86. The number of hydrogen-bond acceptors (Lipinski definition) is 2. The summed E-state index contributed by atoms with van der Waals surface area (Å²) in [6, 6.07) is 0. The molecule has 1 amide bonds. The molecule has 68 valence electrons. The van der Waals surface area contributed by atoms with Crippen LogP contribution in [0.5, 0.6) is 0 Å². The van der Waals surface area contributed by atoms with Crippen LogP contribution in [0.4, 0.5) is 0 Å². The fourth-order valence-corrected chi connectivity index (χ4v) is 0.502. The first kappa shape index (κ1) is 11.1. The standard InChI is InChI=1S/C9H15NO2/c1-8(2,3)9(4,5)7(12)10-6-11/h1-5H3. The molecule has 12 heavy (non-hydrogen) atoms. The number of nitrogens with zero attached hydrogens (tertiary/aromatic N) is 1. The highest BCUT2D eigenvalue weighted by atomic mass is 16.2. The highest BCUT2D eigenvalue weighted by Crippen LogP contribution is 2.38. The van der Waals surface area contributed by atoms with Crippen LogP contribution in [0, 0.1) is 10.8 Å². The molecule has 0 aromatic carbocycles. The Morgan fingerprint density at radius 2 is 1.58 bits per heavy atom. The highest BCUT2D eigenvalue weighted by Gasteiger charge is 2.39. The quantitative estimate of drug-likeness (QED) is 0.444. The summed E-state index contributed by atoms with van der Waals surface area (Å²) in [4.78, 5) is 24.3. The van der Waals surface area contributed by atoms with Gasteiger partial charge in [0.25, 0.3) is 5.91 Å². The molecule has 0 saturated carbocycles. The number of carbonyl (C=O) groups excluding carboxylic acids is 2. The van der Waals surface area contributed by atoms with Gasteiger partial charge in [-0.2, -0.15) is 0 Å². The summed E-state index contributed by atoms with van der Waals surface area (Å²) in [6.07, 6.45) is 1.27. The Morgan fingerprint density at radius 3 is 1.83 bits per heavy atom. The lowest BCUT2D eigenvalue weighted by molar-refractivity contribution is -0.130. The molecule has 0 unspecified atom stereocenters. The average molecular weight is 169 g/mol. The van der Waals surface area contributed by atoms with Gasteiger partial charge in [-0.25, -0.2) is 4.79 Å². The van der Waals surface area contributed by atoms with Crippen LogP contribution < -0.4 is 0 Å². The van der Waals surface area contributed by atoms with Gasteiger partial charge in [0.05, 0.1) is 5.41 Å². The minimum atomic E-state index is -0.621. The second-order valence-corrected chi connectivity index (χ2v) is 4.38. The Hall–Kier alpha value is -0.950. The minimum absolute atomic E-state index is 0.204. The maximum atomic E-state index is 11.3. The topological polar surface area (TPSA) is 46.5 Å². The molecule has 0 spiro atoms. The van der Waals surface area contributed by atoms with E-state index < -0.39 is 11.3 Å². The number of hydrogen-bond donors (Lipinski definition) is 0. The Balaban J connectivity index is 4.85. The van der Waals surface area contributed by atoms with Crippen molar-refractivity contribution in [1.29, 1.82) is 0 Å². The predicted molar refractivity (Wildman–Crippen MR) is 46.4 cm³/mol. The molecule has 0 aromatic heterocycles. The van der Waals surface area contributed by atoms with Gasteiger partial charge in [0.2, 0.25) is 6.08 Å². The van der Waals surface area contributed by atoms with Gasteiger partial charge >= 0.3 is 0 Å². The molecular formula is C9H15NO2. The van der Waals surface area contributed by atoms with E-state index in [1.165, 1.54) is 6.08 Å². The van der Waals surface area contributed by atoms with E-state index in [9.17, 15) is 9.59 Å². The Kier molecular flexibility index (Phi) is 2.94. The van der Waals surface area contributed by atoms with E-state index in [-0.39, 0.29) is 5.41 Å². The van der Waals surface area contributed by atoms with Gasteiger partial charge in [-0.3, -0.25) is 4.79 Å². The Bertz CT molecular complexity index is 229. The maximum Gasteiger partial charge on any atom is 0.262 e. The molecular weight excluding hydrogens is 154 g/mol. The Labute approximate surface area is 72.9 Å². The van der Waals surface area contributed by atoms with Gasteiger partial charge < -0.3 is 0 Å². The molecule has 0 saturated heterocycles. The smallest absolute Gasteiger partial charge is 0.262 e. The van der Waals surface area contributed by atoms with Crippen molar-refractivity contribution >= 4 is 12.0 Å². The summed E-state index contributed by atoms with van der Waals surface area (Å²) >= 11 is 0. The molecule has 0 aliphatic heterocycles. The summed E-state index contributed by atoms with van der Waals surface area (Å²) < 4.78 is 0. The van der Waals surface area contributed by atoms with E-state index in [4.69, 9.17) is 0 Å². The van der Waals surface area contributed by atoms with Gasteiger partial charge in [-0.15, -0.1) is 4.99 Å². The Morgan fingerprint density at radius 1 is 1.17 bits per heavy atom. The van der Waals surface area contributed by atoms with Crippen molar-refractivity contribution in [3.8, 4) is 0 Å². The van der Waals surface area contributed by atoms with E-state index in [1.807, 2.05) is 20.8 Å². The SMILES string of the molecule is CC(C)(C)C(C)(C)C(=O)N=C=O. The van der Waals surface area contributed by atoms with Gasteiger partial charge in [0.15, 0.2) is 0 Å². The zero-order chi connectivity index (χ0) is 9.99. The average Bonchev–Trinajstić information content (AvgIpc) is 1.85. The van der Waals surface area contributed by atoms with Gasteiger partial charge in [0.1, 0.15) is 0 Å². The van der Waals surface area contributed by atoms with Crippen LogP contribution in [0.15, 0.2) is 4.99 Å². The minimum Gasteiger partial charge on any atom is -0.271 e. The fraction of sp³-hybridized carbons (Fsp3) is 0.778. The van der Waals surface area contributed by atoms with E-state index in [1.54, 1.807) is 13.8 Å². The van der Waals surface area contributed by atoms with Gasteiger partial charge in [-0.1, -0.05) is 34.6 Å². The normalized spacial score (nSPS) is 12.1. The fourth-order valence-electron chi connectivity index (χ4n) is 0.502. The zero-order valence-electron chi connectivity index (χ0n) is 8.26.